The summed E-state index contributed by atoms with van der Waals surface area (Å²) in [6.45, 7) is 2.67. The third kappa shape index (κ3) is 4.36. The van der Waals surface area contributed by atoms with Gasteiger partial charge in [0.05, 0.1) is 19.8 Å². The molecule has 0 amide bonds. The van der Waals surface area contributed by atoms with Gasteiger partial charge in [0.1, 0.15) is 5.75 Å². The van der Waals surface area contributed by atoms with Gasteiger partial charge in [0.15, 0.2) is 0 Å². The summed E-state index contributed by atoms with van der Waals surface area (Å²) in [6, 6.07) is 9.67. The summed E-state index contributed by atoms with van der Waals surface area (Å²) in [6.07, 6.45) is 2.40. The maximum atomic E-state index is 9.29. The predicted octanol–water partition coefficient (Wildman–Crippen LogP) is 2.23. The van der Waals surface area contributed by atoms with Crippen molar-refractivity contribution in [2.24, 2.45) is 5.41 Å². The molecule has 0 saturated carbocycles. The van der Waals surface area contributed by atoms with E-state index < -0.39 is 0 Å². The lowest BCUT2D eigenvalue weighted by molar-refractivity contribution is 0.0391. The van der Waals surface area contributed by atoms with Gasteiger partial charge in [-0.15, -0.1) is 0 Å². The van der Waals surface area contributed by atoms with Gasteiger partial charge in [-0.3, -0.25) is 0 Å². The van der Waals surface area contributed by atoms with E-state index in [1.54, 1.807) is 0 Å². The molecule has 0 heterocycles. The maximum Gasteiger partial charge on any atom is 0.119 e. The standard InChI is InChI=1S/C14H22O3/c1-2-14(11-15,12-16)9-6-10-17-13-7-4-3-5-8-13/h3-5,7-8,15-16H,2,6,9-12H2,1H3. The molecule has 0 fully saturated rings. The van der Waals surface area contributed by atoms with Gasteiger partial charge in [-0.1, -0.05) is 25.1 Å². The van der Waals surface area contributed by atoms with Crippen LogP contribution in [0.15, 0.2) is 30.3 Å². The lowest BCUT2D eigenvalue weighted by Gasteiger charge is -2.28. The molecule has 0 atom stereocenters. The van der Waals surface area contributed by atoms with Crippen LogP contribution in [0.5, 0.6) is 5.75 Å². The Morgan fingerprint density at radius 3 is 2.29 bits per heavy atom. The first-order valence-electron chi connectivity index (χ1n) is 6.16. The van der Waals surface area contributed by atoms with E-state index in [1.807, 2.05) is 37.3 Å². The van der Waals surface area contributed by atoms with Crippen LogP contribution in [-0.2, 0) is 0 Å². The van der Waals surface area contributed by atoms with Crippen molar-refractivity contribution in [1.29, 1.82) is 0 Å². The van der Waals surface area contributed by atoms with E-state index >= 15 is 0 Å². The summed E-state index contributed by atoms with van der Waals surface area (Å²) in [5, 5.41) is 18.6. The monoisotopic (exact) mass is 238 g/mol. The summed E-state index contributed by atoms with van der Waals surface area (Å²) >= 11 is 0. The highest BCUT2D eigenvalue weighted by Crippen LogP contribution is 2.26. The molecule has 0 aliphatic heterocycles. The van der Waals surface area contributed by atoms with Gasteiger partial charge < -0.3 is 14.9 Å². The molecule has 0 bridgehead atoms. The fourth-order valence-electron chi connectivity index (χ4n) is 1.76. The Bertz CT molecular complexity index is 285. The zero-order chi connectivity index (χ0) is 12.6. The van der Waals surface area contributed by atoms with E-state index in [9.17, 15) is 10.2 Å². The number of aliphatic hydroxyl groups excluding tert-OH is 2. The molecule has 2 N–H and O–H groups in total. The van der Waals surface area contributed by atoms with Crippen molar-refractivity contribution in [3.8, 4) is 5.75 Å². The van der Waals surface area contributed by atoms with Crippen molar-refractivity contribution < 1.29 is 14.9 Å². The quantitative estimate of drug-likeness (QED) is 0.683. The molecule has 17 heavy (non-hydrogen) atoms. The molecule has 1 aromatic rings. The highest BCUT2D eigenvalue weighted by atomic mass is 16.5. The molecule has 0 spiro atoms. The Labute approximate surface area is 103 Å². The first-order valence-corrected chi connectivity index (χ1v) is 6.16. The number of benzene rings is 1. The van der Waals surface area contributed by atoms with Crippen LogP contribution < -0.4 is 4.74 Å². The maximum absolute atomic E-state index is 9.29. The third-order valence-corrected chi connectivity index (χ3v) is 3.28. The number of para-hydroxylation sites is 1. The first-order chi connectivity index (χ1) is 8.26. The topological polar surface area (TPSA) is 49.7 Å². The number of hydrogen-bond acceptors (Lipinski definition) is 3. The number of ether oxygens (including phenoxy) is 1. The second-order valence-electron chi connectivity index (χ2n) is 4.43. The lowest BCUT2D eigenvalue weighted by atomic mass is 9.82. The van der Waals surface area contributed by atoms with Crippen molar-refractivity contribution in [3.63, 3.8) is 0 Å². The van der Waals surface area contributed by atoms with E-state index in [4.69, 9.17) is 4.74 Å². The minimum Gasteiger partial charge on any atom is -0.494 e. The molecule has 0 aromatic heterocycles. The fraction of sp³-hybridized carbons (Fsp3) is 0.571. The first kappa shape index (κ1) is 14.0. The molecule has 3 heteroatoms. The summed E-state index contributed by atoms with van der Waals surface area (Å²) in [5.41, 5.74) is -0.347. The Kier molecular flexibility index (Phi) is 6.01. The second kappa shape index (κ2) is 7.30. The second-order valence-corrected chi connectivity index (χ2v) is 4.43. The summed E-state index contributed by atoms with van der Waals surface area (Å²) in [7, 11) is 0. The van der Waals surface area contributed by atoms with Gasteiger partial charge >= 0.3 is 0 Å². The molecular weight excluding hydrogens is 216 g/mol. The molecular formula is C14H22O3. The minimum atomic E-state index is -0.347. The SMILES string of the molecule is CCC(CO)(CO)CCCOc1ccccc1. The van der Waals surface area contributed by atoms with E-state index in [1.165, 1.54) is 0 Å². The van der Waals surface area contributed by atoms with Gasteiger partial charge in [0.25, 0.3) is 0 Å². The van der Waals surface area contributed by atoms with Crippen LogP contribution >= 0.6 is 0 Å². The highest BCUT2D eigenvalue weighted by molar-refractivity contribution is 5.20. The smallest absolute Gasteiger partial charge is 0.119 e. The Morgan fingerprint density at radius 1 is 1.12 bits per heavy atom. The summed E-state index contributed by atoms with van der Waals surface area (Å²) in [5.74, 6) is 0.864. The van der Waals surface area contributed by atoms with Gasteiger partial charge in [-0.05, 0) is 31.4 Å². The zero-order valence-electron chi connectivity index (χ0n) is 10.4. The Balaban J connectivity index is 2.28. The van der Waals surface area contributed by atoms with E-state index in [2.05, 4.69) is 0 Å². The Hall–Kier alpha value is -1.06. The van der Waals surface area contributed by atoms with E-state index in [0.29, 0.717) is 6.61 Å². The summed E-state index contributed by atoms with van der Waals surface area (Å²) < 4.78 is 5.57. The van der Waals surface area contributed by atoms with Crippen LogP contribution in [0.2, 0.25) is 0 Å². The molecule has 0 aliphatic rings. The average Bonchev–Trinajstić information content (AvgIpc) is 2.41. The van der Waals surface area contributed by atoms with E-state index in [-0.39, 0.29) is 18.6 Å². The molecule has 1 rings (SSSR count). The van der Waals surface area contributed by atoms with Crippen molar-refractivity contribution in [2.75, 3.05) is 19.8 Å². The van der Waals surface area contributed by atoms with Crippen LogP contribution in [0.25, 0.3) is 0 Å². The summed E-state index contributed by atoms with van der Waals surface area (Å²) in [4.78, 5) is 0. The normalized spacial score (nSPS) is 11.5. The third-order valence-electron chi connectivity index (χ3n) is 3.28. The average molecular weight is 238 g/mol. The lowest BCUT2D eigenvalue weighted by Crippen LogP contribution is -2.29. The van der Waals surface area contributed by atoms with Crippen LogP contribution in [0, 0.1) is 5.41 Å². The van der Waals surface area contributed by atoms with E-state index in [0.717, 1.165) is 25.0 Å². The molecule has 0 aliphatic carbocycles. The van der Waals surface area contributed by atoms with Crippen LogP contribution in [0.3, 0.4) is 0 Å². The number of aliphatic hydroxyl groups is 2. The van der Waals surface area contributed by atoms with Gasteiger partial charge in [0.2, 0.25) is 0 Å². The van der Waals surface area contributed by atoms with Crippen LogP contribution in [0.1, 0.15) is 26.2 Å². The fourth-order valence-corrected chi connectivity index (χ4v) is 1.76. The van der Waals surface area contributed by atoms with Gasteiger partial charge in [0, 0.05) is 5.41 Å². The largest absolute Gasteiger partial charge is 0.494 e. The van der Waals surface area contributed by atoms with Crippen LogP contribution in [0.4, 0.5) is 0 Å². The predicted molar refractivity (Wildman–Crippen MR) is 68.1 cm³/mol. The zero-order valence-corrected chi connectivity index (χ0v) is 10.4. The van der Waals surface area contributed by atoms with Crippen molar-refractivity contribution in [3.05, 3.63) is 30.3 Å². The highest BCUT2D eigenvalue weighted by Gasteiger charge is 2.25. The van der Waals surface area contributed by atoms with Crippen LogP contribution in [-0.4, -0.2) is 30.0 Å². The molecule has 0 saturated heterocycles. The number of rotatable bonds is 8. The minimum absolute atomic E-state index is 0.0331. The van der Waals surface area contributed by atoms with Gasteiger partial charge in [-0.25, -0.2) is 0 Å². The molecule has 3 nitrogen and oxygen atoms in total. The molecule has 96 valence electrons. The van der Waals surface area contributed by atoms with Crippen molar-refractivity contribution in [2.45, 2.75) is 26.2 Å². The van der Waals surface area contributed by atoms with Gasteiger partial charge in [-0.2, -0.15) is 0 Å². The molecule has 1 aromatic carbocycles. The van der Waals surface area contributed by atoms with Crippen molar-refractivity contribution >= 4 is 0 Å². The molecule has 0 radical (unpaired) electrons. The Morgan fingerprint density at radius 2 is 1.76 bits per heavy atom. The van der Waals surface area contributed by atoms with Crippen molar-refractivity contribution in [1.82, 2.24) is 0 Å². The molecule has 0 unspecified atom stereocenters. The number of hydrogen-bond donors (Lipinski definition) is 2.